The molecule has 2 aromatic carbocycles. The lowest BCUT2D eigenvalue weighted by molar-refractivity contribution is 0.102. The van der Waals surface area contributed by atoms with Crippen LogP contribution in [0.5, 0.6) is 0 Å². The van der Waals surface area contributed by atoms with Crippen molar-refractivity contribution in [2.24, 2.45) is 0 Å². The molecule has 1 aliphatic heterocycles. The standard InChI is InChI=1S/C17H17FN2O3S/c18-13-3-1-2-12(10-13)17(21)20-15-6-4-14(5-7-15)19-16-8-9-24(22,23)11-16/h1-7,10,16,19H,8-9,11H2,(H,20,21). The van der Waals surface area contributed by atoms with Gasteiger partial charge in [0.05, 0.1) is 11.5 Å². The van der Waals surface area contributed by atoms with Crippen LogP contribution in [0.25, 0.3) is 0 Å². The monoisotopic (exact) mass is 348 g/mol. The number of nitrogens with one attached hydrogen (secondary N) is 2. The first-order valence-electron chi connectivity index (χ1n) is 7.55. The van der Waals surface area contributed by atoms with E-state index in [-0.39, 0.29) is 23.1 Å². The summed E-state index contributed by atoms with van der Waals surface area (Å²) in [7, 11) is -2.92. The van der Waals surface area contributed by atoms with Crippen molar-refractivity contribution < 1.29 is 17.6 Å². The van der Waals surface area contributed by atoms with E-state index in [1.807, 2.05) is 0 Å². The molecule has 2 aromatic rings. The normalized spacial score (nSPS) is 19.0. The molecule has 1 atom stereocenters. The molecule has 1 heterocycles. The van der Waals surface area contributed by atoms with Gasteiger partial charge in [0.25, 0.3) is 5.91 Å². The molecule has 126 valence electrons. The average Bonchev–Trinajstić information content (AvgIpc) is 2.88. The van der Waals surface area contributed by atoms with Crippen molar-refractivity contribution in [3.63, 3.8) is 0 Å². The van der Waals surface area contributed by atoms with Crippen molar-refractivity contribution in [2.75, 3.05) is 22.1 Å². The molecule has 0 aliphatic carbocycles. The molecule has 1 amide bonds. The lowest BCUT2D eigenvalue weighted by Gasteiger charge is -2.13. The zero-order chi connectivity index (χ0) is 17.2. The van der Waals surface area contributed by atoms with Crippen LogP contribution in [0, 0.1) is 5.82 Å². The van der Waals surface area contributed by atoms with Crippen molar-refractivity contribution >= 4 is 27.1 Å². The van der Waals surface area contributed by atoms with Crippen LogP contribution in [-0.2, 0) is 9.84 Å². The summed E-state index contributed by atoms with van der Waals surface area (Å²) < 4.78 is 36.0. The van der Waals surface area contributed by atoms with Gasteiger partial charge < -0.3 is 10.6 Å². The number of amides is 1. The molecule has 0 saturated carbocycles. The van der Waals surface area contributed by atoms with E-state index in [0.717, 1.165) is 5.69 Å². The summed E-state index contributed by atoms with van der Waals surface area (Å²) in [6, 6.07) is 12.3. The van der Waals surface area contributed by atoms with Gasteiger partial charge in [0.1, 0.15) is 5.82 Å². The van der Waals surface area contributed by atoms with Crippen LogP contribution >= 0.6 is 0 Å². The molecule has 5 nitrogen and oxygen atoms in total. The summed E-state index contributed by atoms with van der Waals surface area (Å²) in [5.74, 6) is -0.497. The van der Waals surface area contributed by atoms with Crippen molar-refractivity contribution in [1.29, 1.82) is 0 Å². The van der Waals surface area contributed by atoms with Gasteiger partial charge in [-0.2, -0.15) is 0 Å². The van der Waals surface area contributed by atoms with Gasteiger partial charge in [0.15, 0.2) is 9.84 Å². The minimum absolute atomic E-state index is 0.0808. The maximum atomic E-state index is 13.1. The molecule has 1 unspecified atom stereocenters. The Morgan fingerprint density at radius 1 is 1.08 bits per heavy atom. The minimum Gasteiger partial charge on any atom is -0.381 e. The number of rotatable bonds is 4. The molecule has 1 fully saturated rings. The number of carbonyl (C=O) groups is 1. The lowest BCUT2D eigenvalue weighted by atomic mass is 10.2. The topological polar surface area (TPSA) is 75.3 Å². The van der Waals surface area contributed by atoms with E-state index in [1.54, 1.807) is 24.3 Å². The summed E-state index contributed by atoms with van der Waals surface area (Å²) in [4.78, 5) is 12.0. The van der Waals surface area contributed by atoms with Gasteiger partial charge in [0.2, 0.25) is 0 Å². The molecule has 3 rings (SSSR count). The van der Waals surface area contributed by atoms with Crippen LogP contribution in [-0.4, -0.2) is 31.9 Å². The third kappa shape index (κ3) is 4.11. The molecule has 0 radical (unpaired) electrons. The summed E-state index contributed by atoms with van der Waals surface area (Å²) >= 11 is 0. The lowest BCUT2D eigenvalue weighted by Crippen LogP contribution is -2.20. The third-order valence-corrected chi connectivity index (χ3v) is 5.60. The highest BCUT2D eigenvalue weighted by molar-refractivity contribution is 7.91. The summed E-state index contributed by atoms with van der Waals surface area (Å²) in [6.07, 6.45) is 0.598. The van der Waals surface area contributed by atoms with Crippen LogP contribution in [0.2, 0.25) is 0 Å². The first kappa shape index (κ1) is 16.4. The molecule has 0 aromatic heterocycles. The molecular weight excluding hydrogens is 331 g/mol. The quantitative estimate of drug-likeness (QED) is 0.891. The Bertz CT molecular complexity index is 850. The Labute approximate surface area is 139 Å². The SMILES string of the molecule is O=C(Nc1ccc(NC2CCS(=O)(=O)C2)cc1)c1cccc(F)c1. The summed E-state index contributed by atoms with van der Waals surface area (Å²) in [5, 5.41) is 5.86. The van der Waals surface area contributed by atoms with Gasteiger partial charge in [-0.1, -0.05) is 6.07 Å². The molecule has 24 heavy (non-hydrogen) atoms. The minimum atomic E-state index is -2.92. The number of benzene rings is 2. The van der Waals surface area contributed by atoms with E-state index < -0.39 is 21.6 Å². The number of carbonyl (C=O) groups excluding carboxylic acids is 1. The largest absolute Gasteiger partial charge is 0.381 e. The van der Waals surface area contributed by atoms with Gasteiger partial charge in [-0.3, -0.25) is 4.79 Å². The number of hydrogen-bond donors (Lipinski definition) is 2. The molecule has 0 spiro atoms. The predicted octanol–water partition coefficient (Wildman–Crippen LogP) is 2.68. The predicted molar refractivity (Wildman–Crippen MR) is 91.5 cm³/mol. The summed E-state index contributed by atoms with van der Waals surface area (Å²) in [6.45, 7) is 0. The van der Waals surface area contributed by atoms with Crippen molar-refractivity contribution in [3.8, 4) is 0 Å². The zero-order valence-electron chi connectivity index (χ0n) is 12.8. The fourth-order valence-corrected chi connectivity index (χ4v) is 4.30. The third-order valence-electron chi connectivity index (χ3n) is 3.83. The Morgan fingerprint density at radius 3 is 2.42 bits per heavy atom. The van der Waals surface area contributed by atoms with Crippen LogP contribution in [0.3, 0.4) is 0 Å². The second-order valence-electron chi connectivity index (χ2n) is 5.79. The number of hydrogen-bond acceptors (Lipinski definition) is 4. The Balaban J connectivity index is 1.61. The van der Waals surface area contributed by atoms with Gasteiger partial charge >= 0.3 is 0 Å². The van der Waals surface area contributed by atoms with Crippen molar-refractivity contribution in [2.45, 2.75) is 12.5 Å². The fraction of sp³-hybridized carbons (Fsp3) is 0.235. The van der Waals surface area contributed by atoms with E-state index in [1.165, 1.54) is 24.3 Å². The van der Waals surface area contributed by atoms with Gasteiger partial charge in [-0.25, -0.2) is 12.8 Å². The molecule has 2 N–H and O–H groups in total. The van der Waals surface area contributed by atoms with Gasteiger partial charge in [-0.15, -0.1) is 0 Å². The van der Waals surface area contributed by atoms with Crippen molar-refractivity contribution in [3.05, 3.63) is 59.9 Å². The van der Waals surface area contributed by atoms with E-state index in [9.17, 15) is 17.6 Å². The number of sulfone groups is 1. The van der Waals surface area contributed by atoms with E-state index in [0.29, 0.717) is 12.1 Å². The number of anilines is 2. The highest BCUT2D eigenvalue weighted by atomic mass is 32.2. The number of halogens is 1. The molecule has 1 saturated heterocycles. The van der Waals surface area contributed by atoms with E-state index >= 15 is 0 Å². The van der Waals surface area contributed by atoms with Gasteiger partial charge in [0, 0.05) is 23.0 Å². The second kappa shape index (κ2) is 6.60. The zero-order valence-corrected chi connectivity index (χ0v) is 13.6. The molecule has 7 heteroatoms. The van der Waals surface area contributed by atoms with Gasteiger partial charge in [-0.05, 0) is 48.9 Å². The Kier molecular flexibility index (Phi) is 4.53. The highest BCUT2D eigenvalue weighted by Gasteiger charge is 2.27. The fourth-order valence-electron chi connectivity index (χ4n) is 2.63. The Morgan fingerprint density at radius 2 is 1.79 bits per heavy atom. The first-order chi connectivity index (χ1) is 11.4. The Hall–Kier alpha value is -2.41. The van der Waals surface area contributed by atoms with Crippen LogP contribution in [0.1, 0.15) is 16.8 Å². The van der Waals surface area contributed by atoms with Crippen LogP contribution in [0.15, 0.2) is 48.5 Å². The van der Waals surface area contributed by atoms with E-state index in [4.69, 9.17) is 0 Å². The van der Waals surface area contributed by atoms with Crippen LogP contribution < -0.4 is 10.6 Å². The van der Waals surface area contributed by atoms with Crippen LogP contribution in [0.4, 0.5) is 15.8 Å². The first-order valence-corrected chi connectivity index (χ1v) is 9.37. The highest BCUT2D eigenvalue weighted by Crippen LogP contribution is 2.20. The second-order valence-corrected chi connectivity index (χ2v) is 8.01. The molecule has 1 aliphatic rings. The van der Waals surface area contributed by atoms with E-state index in [2.05, 4.69) is 10.6 Å². The maximum absolute atomic E-state index is 13.1. The summed E-state index contributed by atoms with van der Waals surface area (Å²) in [5.41, 5.74) is 1.61. The molecule has 0 bridgehead atoms. The van der Waals surface area contributed by atoms with Crippen molar-refractivity contribution in [1.82, 2.24) is 0 Å². The smallest absolute Gasteiger partial charge is 0.255 e. The average molecular weight is 348 g/mol. The molecular formula is C17H17FN2O3S. The maximum Gasteiger partial charge on any atom is 0.255 e.